The molecule has 0 aromatic carbocycles. The van der Waals surface area contributed by atoms with E-state index in [2.05, 4.69) is 25.5 Å². The number of halogens is 2. The molecule has 0 radical (unpaired) electrons. The molecule has 0 unspecified atom stereocenters. The van der Waals surface area contributed by atoms with Gasteiger partial charge >= 0.3 is 12.6 Å². The van der Waals surface area contributed by atoms with E-state index in [1.165, 1.54) is 19.4 Å². The van der Waals surface area contributed by atoms with Gasteiger partial charge in [-0.05, 0) is 30.7 Å². The van der Waals surface area contributed by atoms with Gasteiger partial charge in [-0.15, -0.1) is 5.10 Å². The number of urea groups is 1. The molecule has 0 aliphatic rings. The molecule has 0 saturated carbocycles. The van der Waals surface area contributed by atoms with Crippen molar-refractivity contribution in [3.05, 3.63) is 36.7 Å². The number of aliphatic hydroxyl groups is 1. The zero-order valence-corrected chi connectivity index (χ0v) is 15.6. The second-order valence-corrected chi connectivity index (χ2v) is 6.11. The van der Waals surface area contributed by atoms with Crippen LogP contribution in [0.15, 0.2) is 36.7 Å². The summed E-state index contributed by atoms with van der Waals surface area (Å²) in [7, 11) is 1.31. The van der Waals surface area contributed by atoms with Crippen LogP contribution in [0, 0.1) is 0 Å². The lowest BCUT2D eigenvalue weighted by molar-refractivity contribution is -0.0515. The van der Waals surface area contributed by atoms with Gasteiger partial charge in [0.25, 0.3) is 5.88 Å². The Kier molecular flexibility index (Phi) is 6.07. The number of aliphatic hydroxyl groups excluding tert-OH is 1. The fourth-order valence-electron chi connectivity index (χ4n) is 2.56. The Morgan fingerprint density at radius 3 is 2.79 bits per heavy atom. The molecule has 0 saturated heterocycles. The van der Waals surface area contributed by atoms with E-state index in [0.717, 1.165) is 0 Å². The van der Waals surface area contributed by atoms with Gasteiger partial charge in [0.05, 0.1) is 18.7 Å². The zero-order chi connectivity index (χ0) is 21.0. The first kappa shape index (κ1) is 20.3. The first-order valence-corrected chi connectivity index (χ1v) is 8.57. The van der Waals surface area contributed by atoms with Gasteiger partial charge in [0.15, 0.2) is 11.6 Å². The molecule has 3 heterocycles. The monoisotopic (exact) mass is 407 g/mol. The van der Waals surface area contributed by atoms with Crippen LogP contribution in [0.4, 0.5) is 19.4 Å². The number of pyridine rings is 2. The lowest BCUT2D eigenvalue weighted by Gasteiger charge is -2.10. The normalized spacial score (nSPS) is 12.1. The second kappa shape index (κ2) is 8.69. The van der Waals surface area contributed by atoms with E-state index < -0.39 is 18.7 Å². The Morgan fingerprint density at radius 1 is 1.31 bits per heavy atom. The van der Waals surface area contributed by atoms with Crippen molar-refractivity contribution < 1.29 is 28.2 Å². The van der Waals surface area contributed by atoms with Gasteiger partial charge in [0, 0.05) is 30.6 Å². The summed E-state index contributed by atoms with van der Waals surface area (Å²) in [6, 6.07) is 6.01. The number of amides is 2. The second-order valence-electron chi connectivity index (χ2n) is 6.11. The highest BCUT2D eigenvalue weighted by Gasteiger charge is 2.14. The first-order chi connectivity index (χ1) is 13.9. The number of rotatable bonds is 7. The minimum Gasteiger partial charge on any atom is -0.478 e. The van der Waals surface area contributed by atoms with Crippen LogP contribution in [0.1, 0.15) is 6.92 Å². The number of carbonyl (C=O) groups excluding carboxylic acids is 1. The maximum Gasteiger partial charge on any atom is 0.387 e. The molecule has 154 valence electrons. The van der Waals surface area contributed by atoms with E-state index in [9.17, 15) is 18.7 Å². The topological polar surface area (TPSA) is 110 Å². The van der Waals surface area contributed by atoms with Crippen LogP contribution in [0.3, 0.4) is 0 Å². The van der Waals surface area contributed by atoms with Crippen LogP contribution in [0.25, 0.3) is 16.6 Å². The number of aromatic nitrogens is 3. The van der Waals surface area contributed by atoms with Gasteiger partial charge in [-0.1, -0.05) is 0 Å². The van der Waals surface area contributed by atoms with Crippen molar-refractivity contribution in [1.29, 1.82) is 0 Å². The van der Waals surface area contributed by atoms with Crippen LogP contribution in [0.2, 0.25) is 0 Å². The minimum absolute atomic E-state index is 0.0471. The van der Waals surface area contributed by atoms with E-state index >= 15 is 0 Å². The van der Waals surface area contributed by atoms with Gasteiger partial charge in [0.2, 0.25) is 0 Å². The summed E-state index contributed by atoms with van der Waals surface area (Å²) < 4.78 is 36.2. The highest BCUT2D eigenvalue weighted by molar-refractivity contribution is 5.89. The fraction of sp³-hybridized carbons (Fsp3) is 0.278. The third-order valence-electron chi connectivity index (χ3n) is 3.82. The summed E-state index contributed by atoms with van der Waals surface area (Å²) in [5, 5.41) is 18.5. The number of nitrogens with zero attached hydrogens (tertiary/aromatic N) is 3. The molecule has 11 heteroatoms. The number of anilines is 1. The first-order valence-electron chi connectivity index (χ1n) is 8.57. The van der Waals surface area contributed by atoms with E-state index in [4.69, 9.17) is 4.74 Å². The lowest BCUT2D eigenvalue weighted by atomic mass is 10.1. The van der Waals surface area contributed by atoms with Crippen molar-refractivity contribution in [2.45, 2.75) is 19.6 Å². The predicted octanol–water partition coefficient (Wildman–Crippen LogP) is 2.51. The van der Waals surface area contributed by atoms with Crippen molar-refractivity contribution in [3.63, 3.8) is 0 Å². The van der Waals surface area contributed by atoms with E-state index in [1.807, 2.05) is 0 Å². The fourth-order valence-corrected chi connectivity index (χ4v) is 2.56. The average Bonchev–Trinajstić information content (AvgIpc) is 3.07. The Labute approximate surface area is 164 Å². The number of hydrogen-bond donors (Lipinski definition) is 3. The molecule has 0 aliphatic carbocycles. The average molecular weight is 407 g/mol. The number of carbonyl (C=O) groups is 1. The summed E-state index contributed by atoms with van der Waals surface area (Å²) in [6.45, 7) is -1.35. The van der Waals surface area contributed by atoms with E-state index in [-0.39, 0.29) is 18.2 Å². The highest BCUT2D eigenvalue weighted by atomic mass is 19.3. The molecule has 0 spiro atoms. The minimum atomic E-state index is -3.01. The number of methoxy groups -OCH3 is 1. The van der Waals surface area contributed by atoms with Crippen LogP contribution in [-0.2, 0) is 0 Å². The number of fused-ring (bicyclic) bond motifs is 1. The van der Waals surface area contributed by atoms with Gasteiger partial charge in [-0.25, -0.2) is 14.3 Å². The number of ether oxygens (including phenoxy) is 2. The summed E-state index contributed by atoms with van der Waals surface area (Å²) in [6.07, 6.45) is 2.46. The van der Waals surface area contributed by atoms with Crippen molar-refractivity contribution in [1.82, 2.24) is 19.9 Å². The molecule has 0 bridgehead atoms. The maximum absolute atomic E-state index is 12.6. The third kappa shape index (κ3) is 5.08. The van der Waals surface area contributed by atoms with Crippen LogP contribution in [-0.4, -0.2) is 52.1 Å². The smallest absolute Gasteiger partial charge is 0.387 e. The molecule has 2 amide bonds. The molecular formula is C18H19F2N5O4. The number of alkyl halides is 2. The molecule has 3 aromatic heterocycles. The molecular weight excluding hydrogens is 388 g/mol. The molecule has 9 nitrogen and oxygen atoms in total. The largest absolute Gasteiger partial charge is 0.478 e. The molecule has 1 atom stereocenters. The summed E-state index contributed by atoms with van der Waals surface area (Å²) in [5.41, 5.74) is 1.87. The molecule has 3 aromatic rings. The Bertz CT molecular complexity index is 1010. The maximum atomic E-state index is 12.6. The highest BCUT2D eigenvalue weighted by Crippen LogP contribution is 2.31. The van der Waals surface area contributed by atoms with Crippen molar-refractivity contribution >= 4 is 17.4 Å². The summed E-state index contributed by atoms with van der Waals surface area (Å²) >= 11 is 0. The van der Waals surface area contributed by atoms with Crippen molar-refractivity contribution in [2.24, 2.45) is 0 Å². The molecule has 29 heavy (non-hydrogen) atoms. The van der Waals surface area contributed by atoms with Crippen molar-refractivity contribution in [2.75, 3.05) is 19.0 Å². The summed E-state index contributed by atoms with van der Waals surface area (Å²) in [5.74, 6) is 0.0829. The van der Waals surface area contributed by atoms with Crippen molar-refractivity contribution in [3.8, 4) is 22.8 Å². The van der Waals surface area contributed by atoms with Gasteiger partial charge in [-0.3, -0.25) is 5.32 Å². The van der Waals surface area contributed by atoms with E-state index in [0.29, 0.717) is 22.5 Å². The summed E-state index contributed by atoms with van der Waals surface area (Å²) in [4.78, 5) is 15.8. The Morgan fingerprint density at radius 2 is 2.10 bits per heavy atom. The standard InChI is InChI=1S/C18H19F2N5O4/c1-10(26)8-22-18(27)23-15-7-13-5-11(3-4-25(13)24-15)12-6-14(29-17(19)20)16(28-2)21-9-12/h3-7,9-10,17,26H,8H2,1-2H3,(H2,22,23,24,27)/t10-/m1/s1. The lowest BCUT2D eigenvalue weighted by Crippen LogP contribution is -2.34. The molecule has 0 aliphatic heterocycles. The molecule has 0 fully saturated rings. The third-order valence-corrected chi connectivity index (χ3v) is 3.82. The number of nitrogens with one attached hydrogen (secondary N) is 2. The Hall–Kier alpha value is -3.47. The van der Waals surface area contributed by atoms with Crippen LogP contribution < -0.4 is 20.1 Å². The number of hydrogen-bond acceptors (Lipinski definition) is 6. The van der Waals surface area contributed by atoms with E-state index in [1.54, 1.807) is 35.8 Å². The van der Waals surface area contributed by atoms with Gasteiger partial charge < -0.3 is 19.9 Å². The molecule has 3 rings (SSSR count). The Balaban J connectivity index is 1.83. The van der Waals surface area contributed by atoms with Crippen LogP contribution in [0.5, 0.6) is 11.6 Å². The quantitative estimate of drug-likeness (QED) is 0.555. The predicted molar refractivity (Wildman–Crippen MR) is 100 cm³/mol. The van der Waals surface area contributed by atoms with Gasteiger partial charge in [0.1, 0.15) is 0 Å². The molecule has 3 N–H and O–H groups in total. The van der Waals surface area contributed by atoms with Gasteiger partial charge in [-0.2, -0.15) is 8.78 Å². The zero-order valence-electron chi connectivity index (χ0n) is 15.6. The SMILES string of the molecule is COc1ncc(-c2ccn3nc(NC(=O)NC[C@@H](C)O)cc3c2)cc1OC(F)F. The van der Waals surface area contributed by atoms with Crippen LogP contribution >= 0.6 is 0 Å².